The lowest BCUT2D eigenvalue weighted by Crippen LogP contribution is -2.50. The van der Waals surface area contributed by atoms with Crippen LogP contribution in [0.15, 0.2) is 219 Å². The predicted octanol–water partition coefficient (Wildman–Crippen LogP) is 19.3. The molecule has 0 unspecified atom stereocenters. The molecule has 0 saturated heterocycles. The second-order valence-electron chi connectivity index (χ2n) is 31.9. The van der Waals surface area contributed by atoms with E-state index in [2.05, 4.69) is 82.0 Å². The van der Waals surface area contributed by atoms with Crippen LogP contribution in [-0.4, -0.2) is 79.9 Å². The van der Waals surface area contributed by atoms with Gasteiger partial charge in [-0.25, -0.2) is 4.39 Å². The molecule has 0 aliphatic heterocycles. The maximum Gasteiger partial charge on any atom is 0.306 e. The van der Waals surface area contributed by atoms with Gasteiger partial charge in [0.05, 0.1) is 94.6 Å². The van der Waals surface area contributed by atoms with Crippen LogP contribution in [0, 0.1) is 68.9 Å². The van der Waals surface area contributed by atoms with Gasteiger partial charge in [0.2, 0.25) is 0 Å². The number of ketones is 3. The van der Waals surface area contributed by atoms with Crippen LogP contribution in [0.3, 0.4) is 0 Å². The summed E-state index contributed by atoms with van der Waals surface area (Å²) in [4.78, 5) is 73.5. The maximum atomic E-state index is 14.6. The fourth-order valence-electron chi connectivity index (χ4n) is 19.0. The van der Waals surface area contributed by atoms with Crippen molar-refractivity contribution in [3.63, 3.8) is 0 Å². The highest BCUT2D eigenvalue weighted by atomic mass is 35.5. The molecule has 3 heterocycles. The van der Waals surface area contributed by atoms with Crippen molar-refractivity contribution in [2.24, 2.45) is 51.8 Å². The number of aromatic nitrogens is 6. The Morgan fingerprint density at radius 2 is 0.761 bits per heavy atom. The average molecular weight is 1470 g/mol. The normalized spacial score (nSPS) is 22.6. The number of rotatable bonds is 21. The van der Waals surface area contributed by atoms with Gasteiger partial charge in [0.15, 0.2) is 17.3 Å². The minimum atomic E-state index is -0.711. The van der Waals surface area contributed by atoms with E-state index in [0.29, 0.717) is 83.3 Å². The van der Waals surface area contributed by atoms with Crippen LogP contribution < -0.4 is 0 Å². The second-order valence-corrected chi connectivity index (χ2v) is 32.3. The van der Waals surface area contributed by atoms with E-state index in [1.165, 1.54) is 23.4 Å². The molecule has 0 amide bonds. The first-order chi connectivity index (χ1) is 52.7. The summed E-state index contributed by atoms with van der Waals surface area (Å²) < 4.78 is 20.1. The van der Waals surface area contributed by atoms with Crippen molar-refractivity contribution in [3.05, 3.63) is 269 Å². The average Bonchev–Trinajstić information content (AvgIpc) is 1.53. The molecule has 18 heteroatoms. The number of hydrogen-bond acceptors (Lipinski definition) is 10. The topological polar surface area (TPSA) is 240 Å². The minimum Gasteiger partial charge on any atom is -0.481 e. The van der Waals surface area contributed by atoms with Crippen LogP contribution in [0.1, 0.15) is 150 Å². The van der Waals surface area contributed by atoms with Gasteiger partial charge in [-0.2, -0.15) is 20.6 Å². The Morgan fingerprint density at radius 1 is 0.404 bits per heavy atom. The third-order valence-electron chi connectivity index (χ3n) is 24.3. The molecule has 18 rings (SSSR count). The van der Waals surface area contributed by atoms with Crippen molar-refractivity contribution in [1.29, 1.82) is 5.26 Å². The second kappa shape index (κ2) is 29.6. The molecule has 9 aromatic carbocycles. The number of carbonyl (C=O) groups excluding carboxylic acids is 3. The quantitative estimate of drug-likeness (QED) is 0.0568. The number of hydrogen-bond donors (Lipinski definition) is 3. The molecule has 6 saturated carbocycles. The van der Waals surface area contributed by atoms with Gasteiger partial charge in [0, 0.05) is 46.7 Å². The number of carbonyl (C=O) groups is 6. The van der Waals surface area contributed by atoms with Crippen LogP contribution in [0.25, 0.3) is 66.1 Å². The number of aliphatic carboxylic acids is 3. The molecule has 6 aliphatic carbocycles. The van der Waals surface area contributed by atoms with Gasteiger partial charge < -0.3 is 15.3 Å². The van der Waals surface area contributed by atoms with E-state index in [1.807, 2.05) is 125 Å². The first kappa shape index (κ1) is 71.8. The number of nitrogens with zero attached hydrogens (tertiary/aromatic N) is 7. The zero-order valence-corrected chi connectivity index (χ0v) is 60.9. The molecule has 0 radical (unpaired) electrons. The fraction of sp³-hybridized carbons (Fsp3) is 0.297. The number of nitriles is 1. The van der Waals surface area contributed by atoms with E-state index in [1.54, 1.807) is 35.1 Å². The number of fused-ring (bicyclic) bond motifs is 3. The molecule has 3 aromatic heterocycles. The first-order valence-electron chi connectivity index (χ1n) is 37.6. The molecular weight excluding hydrogens is 1390 g/mol. The molecule has 0 bridgehead atoms. The van der Waals surface area contributed by atoms with Crippen LogP contribution >= 0.6 is 11.6 Å². The largest absolute Gasteiger partial charge is 0.481 e. The SMILES string of the molecule is N#Cc1cccc(-c2ccc(Cn3ncc4c(Cl)ccc(C(=O)CC5CC6(C5)CC(C(=O)O)C6)c43)cc2)c1.O=C(CC1CC2(C1)CC(C(=O)O)C2)c1ccc(F)c2cnn(Cc3ccc(-c4ccccc4)cc3)c12.O=C(CC1CC2(C1)CC(C(=O)O)C2)c1cccc2cnn(Cc3ccc(-c4ccccc4)cc3)c12. The Balaban J connectivity index is 0.000000125. The van der Waals surface area contributed by atoms with Crippen molar-refractivity contribution in [3.8, 4) is 39.4 Å². The Morgan fingerprint density at radius 3 is 1.19 bits per heavy atom. The number of carboxylic acid groups (broad SMARTS) is 3. The van der Waals surface area contributed by atoms with E-state index < -0.39 is 17.9 Å². The summed E-state index contributed by atoms with van der Waals surface area (Å²) in [5, 5.41) is 52.9. The number of Topliss-reactive ketones (excluding diaryl/α,β-unsaturated/α-hetero) is 3. The number of halogens is 2. The van der Waals surface area contributed by atoms with Crippen LogP contribution in [0.4, 0.5) is 4.39 Å². The Kier molecular flexibility index (Phi) is 19.5. The Hall–Kier alpha value is -11.5. The zero-order valence-electron chi connectivity index (χ0n) is 60.2. The van der Waals surface area contributed by atoms with E-state index in [4.69, 9.17) is 21.8 Å². The summed E-state index contributed by atoms with van der Waals surface area (Å²) in [5.41, 5.74) is 14.9. The highest BCUT2D eigenvalue weighted by Crippen LogP contribution is 2.64. The predicted molar refractivity (Wildman–Crippen MR) is 415 cm³/mol. The first-order valence-corrected chi connectivity index (χ1v) is 38.0. The smallest absolute Gasteiger partial charge is 0.306 e. The number of para-hydroxylation sites is 1. The van der Waals surface area contributed by atoms with Gasteiger partial charge in [-0.15, -0.1) is 0 Å². The molecule has 12 aromatic rings. The molecule has 6 fully saturated rings. The van der Waals surface area contributed by atoms with Gasteiger partial charge in [0.25, 0.3) is 0 Å². The van der Waals surface area contributed by atoms with Gasteiger partial charge >= 0.3 is 17.9 Å². The Labute approximate surface area is 634 Å². The lowest BCUT2D eigenvalue weighted by molar-refractivity contribution is -0.158. The lowest BCUT2D eigenvalue weighted by atomic mass is 9.47. The van der Waals surface area contributed by atoms with E-state index >= 15 is 0 Å². The third kappa shape index (κ3) is 14.8. The molecule has 0 atom stereocenters. The summed E-state index contributed by atoms with van der Waals surface area (Å²) in [6.45, 7) is 1.53. The highest BCUT2D eigenvalue weighted by Gasteiger charge is 2.57. The van der Waals surface area contributed by atoms with Gasteiger partial charge in [0.1, 0.15) is 5.82 Å². The molecular formula is C91H81ClFN7O9. The molecule has 6 aliphatic rings. The summed E-state index contributed by atoms with van der Waals surface area (Å²) in [6.07, 6.45) is 16.5. The van der Waals surface area contributed by atoms with Crippen molar-refractivity contribution in [1.82, 2.24) is 29.3 Å². The molecule has 109 heavy (non-hydrogen) atoms. The van der Waals surface area contributed by atoms with E-state index in [9.17, 15) is 43.5 Å². The summed E-state index contributed by atoms with van der Waals surface area (Å²) >= 11 is 6.48. The van der Waals surface area contributed by atoms with Gasteiger partial charge in [-0.1, -0.05) is 169 Å². The summed E-state index contributed by atoms with van der Waals surface area (Å²) in [5.74, 6) is -1.95. The van der Waals surface area contributed by atoms with Crippen molar-refractivity contribution in [2.45, 2.75) is 116 Å². The summed E-state index contributed by atoms with van der Waals surface area (Å²) in [6, 6.07) is 67.3. The van der Waals surface area contributed by atoms with Crippen LogP contribution in [0.2, 0.25) is 5.02 Å². The number of benzene rings is 9. The fourth-order valence-corrected chi connectivity index (χ4v) is 19.2. The molecule has 548 valence electrons. The minimum absolute atomic E-state index is 0.00451. The lowest BCUT2D eigenvalue weighted by Gasteiger charge is -2.56. The van der Waals surface area contributed by atoms with Gasteiger partial charge in [-0.3, -0.25) is 42.8 Å². The van der Waals surface area contributed by atoms with E-state index in [-0.39, 0.29) is 63.1 Å². The monoisotopic (exact) mass is 1470 g/mol. The molecule has 3 spiro atoms. The zero-order chi connectivity index (χ0) is 75.3. The summed E-state index contributed by atoms with van der Waals surface area (Å²) in [7, 11) is 0. The molecule has 3 N–H and O–H groups in total. The highest BCUT2D eigenvalue weighted by molar-refractivity contribution is 6.36. The van der Waals surface area contributed by atoms with Gasteiger partial charge in [-0.05, 0) is 204 Å². The Bertz CT molecular complexity index is 5530. The number of carboxylic acids is 3. The third-order valence-corrected chi connectivity index (χ3v) is 24.7. The van der Waals surface area contributed by atoms with Crippen LogP contribution in [-0.2, 0) is 34.0 Å². The molecule has 16 nitrogen and oxygen atoms in total. The van der Waals surface area contributed by atoms with Crippen molar-refractivity contribution < 1.29 is 48.5 Å². The van der Waals surface area contributed by atoms with E-state index in [0.717, 1.165) is 143 Å². The van der Waals surface area contributed by atoms with Crippen molar-refractivity contribution >= 4 is 79.6 Å². The van der Waals surface area contributed by atoms with Crippen LogP contribution in [0.5, 0.6) is 0 Å². The van der Waals surface area contributed by atoms with Crippen molar-refractivity contribution in [2.75, 3.05) is 0 Å². The standard InChI is InChI=1S/C31H26ClN3O3.C30H27FN2O3.C30H28N2O3/c32-27-9-8-25(28(36)11-21-12-31(13-21)14-24(15-31)30(37)38)29-26(27)17-34-35(29)18-19-4-6-22(7-5-19)23-3-1-2-20(10-23)16-33;31-26-11-10-24(27(34)12-20-13-30(14-20)15-23(16-30)29(35)36)28-25(26)17-32-33(28)18-19-6-8-22(9-7-19)21-4-2-1-3-5-21;33-27(13-21-14-30(15-21)16-25(17-30)29(34)35)26-8-4-7-24-18-31-32(28(24)26)19-20-9-11-23(12-10-20)22-5-2-1-3-6-22/h1-10,17,21,24H,11-15,18H2,(H,37,38);1-11,17,20,23H,12-16,18H2,(H,35,36);1-12,18,21,25H,13-17,19H2,(H,34,35). The maximum absolute atomic E-state index is 14.6.